The SMILES string of the molecule is CCc1ccc(CNC(=O)[C@@H]2CCC[C@@H]2CN)s1. The molecule has 1 fully saturated rings. The largest absolute Gasteiger partial charge is 0.351 e. The van der Waals surface area contributed by atoms with Crippen LogP contribution in [0.2, 0.25) is 0 Å². The van der Waals surface area contributed by atoms with Crippen molar-refractivity contribution in [3.05, 3.63) is 21.9 Å². The van der Waals surface area contributed by atoms with Crippen LogP contribution in [0.1, 0.15) is 35.9 Å². The molecule has 1 aromatic heterocycles. The number of carbonyl (C=O) groups is 1. The number of aryl methyl sites for hydroxylation is 1. The molecule has 1 aromatic rings. The van der Waals surface area contributed by atoms with E-state index in [0.29, 0.717) is 19.0 Å². The van der Waals surface area contributed by atoms with Gasteiger partial charge in [0.2, 0.25) is 5.91 Å². The molecule has 1 amide bonds. The van der Waals surface area contributed by atoms with E-state index in [2.05, 4.69) is 24.4 Å². The highest BCUT2D eigenvalue weighted by Gasteiger charge is 2.31. The summed E-state index contributed by atoms with van der Waals surface area (Å²) in [6.45, 7) is 3.45. The van der Waals surface area contributed by atoms with E-state index >= 15 is 0 Å². The zero-order valence-corrected chi connectivity index (χ0v) is 11.8. The maximum atomic E-state index is 12.1. The Morgan fingerprint density at radius 2 is 2.22 bits per heavy atom. The fraction of sp³-hybridized carbons (Fsp3) is 0.643. The molecule has 1 saturated carbocycles. The molecule has 1 heterocycles. The Kier molecular flexibility index (Phi) is 4.78. The second-order valence-electron chi connectivity index (χ2n) is 4.97. The fourth-order valence-corrected chi connectivity index (χ4v) is 3.57. The summed E-state index contributed by atoms with van der Waals surface area (Å²) in [4.78, 5) is 14.7. The number of hydrogen-bond donors (Lipinski definition) is 2. The van der Waals surface area contributed by atoms with E-state index in [1.54, 1.807) is 11.3 Å². The first-order valence-electron chi connectivity index (χ1n) is 6.80. The zero-order chi connectivity index (χ0) is 13.0. The number of amides is 1. The molecule has 2 rings (SSSR count). The maximum absolute atomic E-state index is 12.1. The monoisotopic (exact) mass is 266 g/mol. The van der Waals surface area contributed by atoms with E-state index in [1.165, 1.54) is 9.75 Å². The smallest absolute Gasteiger partial charge is 0.223 e. The molecule has 1 aliphatic carbocycles. The van der Waals surface area contributed by atoms with Crippen LogP contribution in [-0.4, -0.2) is 12.5 Å². The van der Waals surface area contributed by atoms with Crippen molar-refractivity contribution in [2.45, 2.75) is 39.2 Å². The van der Waals surface area contributed by atoms with E-state index in [0.717, 1.165) is 25.7 Å². The van der Waals surface area contributed by atoms with Crippen molar-refractivity contribution >= 4 is 17.2 Å². The van der Waals surface area contributed by atoms with Gasteiger partial charge in [-0.1, -0.05) is 13.3 Å². The highest BCUT2D eigenvalue weighted by Crippen LogP contribution is 2.31. The van der Waals surface area contributed by atoms with E-state index in [1.807, 2.05) is 0 Å². The number of nitrogens with two attached hydrogens (primary N) is 1. The molecule has 0 bridgehead atoms. The van der Waals surface area contributed by atoms with Crippen molar-refractivity contribution in [1.82, 2.24) is 5.32 Å². The maximum Gasteiger partial charge on any atom is 0.223 e. The summed E-state index contributed by atoms with van der Waals surface area (Å²) in [5, 5.41) is 3.06. The van der Waals surface area contributed by atoms with Crippen LogP contribution in [0.4, 0.5) is 0 Å². The van der Waals surface area contributed by atoms with Crippen LogP contribution in [0.3, 0.4) is 0 Å². The molecule has 0 spiro atoms. The molecule has 1 aliphatic rings. The third kappa shape index (κ3) is 3.12. The summed E-state index contributed by atoms with van der Waals surface area (Å²) in [5.74, 6) is 0.717. The Hall–Kier alpha value is -0.870. The van der Waals surface area contributed by atoms with E-state index in [4.69, 9.17) is 5.73 Å². The Morgan fingerprint density at radius 1 is 1.44 bits per heavy atom. The van der Waals surface area contributed by atoms with Crippen LogP contribution in [0.25, 0.3) is 0 Å². The molecule has 0 aliphatic heterocycles. The van der Waals surface area contributed by atoms with Gasteiger partial charge < -0.3 is 11.1 Å². The van der Waals surface area contributed by atoms with Crippen LogP contribution in [0.15, 0.2) is 12.1 Å². The van der Waals surface area contributed by atoms with Crippen molar-refractivity contribution in [2.75, 3.05) is 6.54 Å². The molecule has 0 unspecified atom stereocenters. The lowest BCUT2D eigenvalue weighted by Crippen LogP contribution is -2.34. The molecule has 18 heavy (non-hydrogen) atoms. The van der Waals surface area contributed by atoms with E-state index < -0.39 is 0 Å². The van der Waals surface area contributed by atoms with Gasteiger partial charge in [0.1, 0.15) is 0 Å². The third-order valence-corrected chi connectivity index (χ3v) is 5.03. The molecule has 3 N–H and O–H groups in total. The second kappa shape index (κ2) is 6.34. The van der Waals surface area contributed by atoms with Gasteiger partial charge >= 0.3 is 0 Å². The lowest BCUT2D eigenvalue weighted by Gasteiger charge is -2.16. The molecule has 100 valence electrons. The van der Waals surface area contributed by atoms with Crippen LogP contribution in [0, 0.1) is 11.8 Å². The number of carbonyl (C=O) groups excluding carboxylic acids is 1. The summed E-state index contributed by atoms with van der Waals surface area (Å²) in [6, 6.07) is 4.25. The zero-order valence-electron chi connectivity index (χ0n) is 10.9. The van der Waals surface area contributed by atoms with Gasteiger partial charge in [-0.15, -0.1) is 11.3 Å². The number of nitrogens with one attached hydrogen (secondary N) is 1. The molecular weight excluding hydrogens is 244 g/mol. The Bertz CT molecular complexity index is 402. The van der Waals surface area contributed by atoms with Crippen molar-refractivity contribution < 1.29 is 4.79 Å². The van der Waals surface area contributed by atoms with Gasteiger partial charge in [0.15, 0.2) is 0 Å². The number of thiophene rings is 1. The minimum absolute atomic E-state index is 0.139. The van der Waals surface area contributed by atoms with Gasteiger partial charge in [-0.25, -0.2) is 0 Å². The van der Waals surface area contributed by atoms with Gasteiger partial charge in [0.25, 0.3) is 0 Å². The molecule has 0 saturated heterocycles. The first-order chi connectivity index (χ1) is 8.74. The summed E-state index contributed by atoms with van der Waals surface area (Å²) in [5.41, 5.74) is 5.71. The Morgan fingerprint density at radius 3 is 2.89 bits per heavy atom. The van der Waals surface area contributed by atoms with E-state index in [-0.39, 0.29) is 11.8 Å². The summed E-state index contributed by atoms with van der Waals surface area (Å²) >= 11 is 1.78. The van der Waals surface area contributed by atoms with E-state index in [9.17, 15) is 4.79 Å². The molecule has 0 aromatic carbocycles. The second-order valence-corrected chi connectivity index (χ2v) is 6.23. The molecule has 2 atom stereocenters. The van der Waals surface area contributed by atoms with Gasteiger partial charge in [-0.05, 0) is 43.9 Å². The predicted octanol–water partition coefficient (Wildman–Crippen LogP) is 2.30. The van der Waals surface area contributed by atoms with Crippen molar-refractivity contribution in [1.29, 1.82) is 0 Å². The van der Waals surface area contributed by atoms with Gasteiger partial charge in [-0.2, -0.15) is 0 Å². The van der Waals surface area contributed by atoms with Crippen molar-refractivity contribution in [2.24, 2.45) is 17.6 Å². The minimum Gasteiger partial charge on any atom is -0.351 e. The Balaban J connectivity index is 1.84. The summed E-state index contributed by atoms with van der Waals surface area (Å²) < 4.78 is 0. The van der Waals surface area contributed by atoms with Crippen LogP contribution in [-0.2, 0) is 17.8 Å². The summed E-state index contributed by atoms with van der Waals surface area (Å²) in [6.07, 6.45) is 4.31. The molecule has 3 nitrogen and oxygen atoms in total. The predicted molar refractivity (Wildman–Crippen MR) is 75.4 cm³/mol. The normalized spacial score (nSPS) is 23.2. The van der Waals surface area contributed by atoms with Crippen molar-refractivity contribution in [3.63, 3.8) is 0 Å². The molecular formula is C14H22N2OS. The quantitative estimate of drug-likeness (QED) is 0.859. The minimum atomic E-state index is 0.139. The topological polar surface area (TPSA) is 55.1 Å². The van der Waals surface area contributed by atoms with Crippen molar-refractivity contribution in [3.8, 4) is 0 Å². The lowest BCUT2D eigenvalue weighted by atomic mass is 9.95. The number of rotatable bonds is 5. The average molecular weight is 266 g/mol. The van der Waals surface area contributed by atoms with Gasteiger partial charge in [0, 0.05) is 15.7 Å². The third-order valence-electron chi connectivity index (χ3n) is 3.80. The lowest BCUT2D eigenvalue weighted by molar-refractivity contribution is -0.126. The van der Waals surface area contributed by atoms with Gasteiger partial charge in [0.05, 0.1) is 6.54 Å². The van der Waals surface area contributed by atoms with Crippen LogP contribution in [0.5, 0.6) is 0 Å². The Labute approximate surface area is 113 Å². The first-order valence-corrected chi connectivity index (χ1v) is 7.61. The summed E-state index contributed by atoms with van der Waals surface area (Å²) in [7, 11) is 0. The first kappa shape index (κ1) is 13.6. The molecule has 4 heteroatoms. The standard InChI is InChI=1S/C14H22N2OS/c1-2-11-6-7-12(18-11)9-16-14(17)13-5-3-4-10(13)8-15/h6-7,10,13H,2-5,8-9,15H2,1H3,(H,16,17)/t10-,13-/m1/s1. The van der Waals surface area contributed by atoms with Gasteiger partial charge in [-0.3, -0.25) is 4.79 Å². The fourth-order valence-electron chi connectivity index (χ4n) is 2.68. The molecule has 0 radical (unpaired) electrons. The average Bonchev–Trinajstić information content (AvgIpc) is 3.04. The number of hydrogen-bond acceptors (Lipinski definition) is 3. The van der Waals surface area contributed by atoms with Crippen LogP contribution < -0.4 is 11.1 Å². The highest BCUT2D eigenvalue weighted by atomic mass is 32.1. The highest BCUT2D eigenvalue weighted by molar-refractivity contribution is 7.11. The van der Waals surface area contributed by atoms with Crippen LogP contribution >= 0.6 is 11.3 Å².